The highest BCUT2D eigenvalue weighted by Gasteiger charge is 2.41. The van der Waals surface area contributed by atoms with Crippen molar-refractivity contribution in [2.45, 2.75) is 42.1 Å². The smallest absolute Gasteiger partial charge is 0.211 e. The zero-order valence-corrected chi connectivity index (χ0v) is 19.3. The second kappa shape index (κ2) is 8.01. The lowest BCUT2D eigenvalue weighted by atomic mass is 9.77. The lowest BCUT2D eigenvalue weighted by molar-refractivity contribution is 0.0975. The summed E-state index contributed by atoms with van der Waals surface area (Å²) in [5.41, 5.74) is 2.73. The summed E-state index contributed by atoms with van der Waals surface area (Å²) >= 11 is 1.61. The van der Waals surface area contributed by atoms with Crippen LogP contribution in [0.1, 0.15) is 31.7 Å². The number of nitriles is 1. The summed E-state index contributed by atoms with van der Waals surface area (Å²) in [6.07, 6.45) is 11.4. The number of imidazole rings is 1. The van der Waals surface area contributed by atoms with E-state index in [-0.39, 0.29) is 0 Å². The van der Waals surface area contributed by atoms with E-state index < -0.39 is 0 Å². The van der Waals surface area contributed by atoms with E-state index in [0.29, 0.717) is 17.1 Å². The molecule has 1 atom stereocenters. The van der Waals surface area contributed by atoms with Crippen molar-refractivity contribution in [3.63, 3.8) is 0 Å². The topological polar surface area (TPSA) is 79.3 Å². The molecule has 2 aliphatic rings. The third-order valence-corrected chi connectivity index (χ3v) is 8.01. The molecule has 2 aliphatic heterocycles. The molecule has 7 nitrogen and oxygen atoms in total. The SMILES string of the molecule is C[C@H]1CC2(CCN(c3ncc(Sc4ccnc5ccc(C#N)cc45)c4nccn34)CC2)CO1. The van der Waals surface area contributed by atoms with E-state index in [9.17, 15) is 5.26 Å². The van der Waals surface area contributed by atoms with E-state index in [1.54, 1.807) is 24.0 Å². The zero-order valence-electron chi connectivity index (χ0n) is 18.4. The first-order valence-electron chi connectivity index (χ1n) is 11.3. The monoisotopic (exact) mass is 456 g/mol. The number of nitrogens with zero attached hydrogens (tertiary/aromatic N) is 6. The number of rotatable bonds is 3. The first-order valence-corrected chi connectivity index (χ1v) is 12.1. The molecule has 166 valence electrons. The molecular weight excluding hydrogens is 432 g/mol. The Labute approximate surface area is 196 Å². The first kappa shape index (κ1) is 20.5. The normalized spacial score (nSPS) is 20.0. The maximum atomic E-state index is 9.31. The van der Waals surface area contributed by atoms with Crippen molar-refractivity contribution in [2.75, 3.05) is 24.6 Å². The van der Waals surface area contributed by atoms with Gasteiger partial charge in [-0.3, -0.25) is 9.38 Å². The number of piperidine rings is 1. The minimum absolute atomic E-state index is 0.338. The molecule has 1 aromatic carbocycles. The fourth-order valence-electron chi connectivity index (χ4n) is 5.16. The van der Waals surface area contributed by atoms with E-state index in [4.69, 9.17) is 9.72 Å². The highest BCUT2D eigenvalue weighted by molar-refractivity contribution is 7.99. The average Bonchev–Trinajstić information content (AvgIpc) is 3.47. The van der Waals surface area contributed by atoms with Crippen molar-refractivity contribution in [2.24, 2.45) is 5.41 Å². The standard InChI is InChI=1S/C25H24N6OS/c1-17-13-25(16-32-17)5-9-30(10-6-25)24-29-15-22(23-28-8-11-31(23)24)33-21-4-7-27-20-3-2-18(14-26)12-19(20)21/h2-4,7-8,11-12,15,17H,5-6,9-10,13,16H2,1H3/t17-/m0/s1. The van der Waals surface area contributed by atoms with Crippen molar-refractivity contribution in [1.82, 2.24) is 19.4 Å². The molecule has 0 saturated carbocycles. The van der Waals surface area contributed by atoms with E-state index in [2.05, 4.69) is 32.3 Å². The molecule has 0 amide bonds. The maximum absolute atomic E-state index is 9.31. The van der Waals surface area contributed by atoms with E-state index in [0.717, 1.165) is 71.2 Å². The van der Waals surface area contributed by atoms with Crippen molar-refractivity contribution in [3.05, 3.63) is 54.6 Å². The Balaban J connectivity index is 1.30. The van der Waals surface area contributed by atoms with Gasteiger partial charge in [-0.05, 0) is 55.9 Å². The van der Waals surface area contributed by atoms with Crippen LogP contribution in [0.5, 0.6) is 0 Å². The van der Waals surface area contributed by atoms with Gasteiger partial charge in [0, 0.05) is 48.2 Å². The van der Waals surface area contributed by atoms with Crippen LogP contribution in [0.25, 0.3) is 16.6 Å². The molecule has 0 N–H and O–H groups in total. The van der Waals surface area contributed by atoms with Crippen LogP contribution in [0.3, 0.4) is 0 Å². The molecule has 2 fully saturated rings. The summed E-state index contributed by atoms with van der Waals surface area (Å²) in [4.78, 5) is 18.4. The zero-order chi connectivity index (χ0) is 22.4. The van der Waals surface area contributed by atoms with Crippen LogP contribution in [0.15, 0.2) is 58.8 Å². The third kappa shape index (κ3) is 3.62. The van der Waals surface area contributed by atoms with E-state index in [1.165, 1.54) is 0 Å². The molecule has 6 rings (SSSR count). The van der Waals surface area contributed by atoms with Crippen molar-refractivity contribution < 1.29 is 4.74 Å². The van der Waals surface area contributed by atoms with Gasteiger partial charge in [-0.2, -0.15) is 5.26 Å². The van der Waals surface area contributed by atoms with Crippen LogP contribution < -0.4 is 4.90 Å². The molecule has 8 heteroatoms. The van der Waals surface area contributed by atoms with Crippen LogP contribution in [-0.2, 0) is 4.74 Å². The molecule has 5 heterocycles. The van der Waals surface area contributed by atoms with Crippen LogP contribution in [0.2, 0.25) is 0 Å². The van der Waals surface area contributed by atoms with Gasteiger partial charge in [0.2, 0.25) is 5.95 Å². The summed E-state index contributed by atoms with van der Waals surface area (Å²) in [5, 5.41) is 10.3. The van der Waals surface area contributed by atoms with Gasteiger partial charge < -0.3 is 9.64 Å². The van der Waals surface area contributed by atoms with Gasteiger partial charge >= 0.3 is 0 Å². The van der Waals surface area contributed by atoms with Gasteiger partial charge in [-0.15, -0.1) is 0 Å². The first-order chi connectivity index (χ1) is 16.1. The fourth-order valence-corrected chi connectivity index (χ4v) is 6.15. The molecule has 33 heavy (non-hydrogen) atoms. The van der Waals surface area contributed by atoms with Gasteiger partial charge in [0.05, 0.1) is 34.8 Å². The van der Waals surface area contributed by atoms with Crippen LogP contribution in [0.4, 0.5) is 5.95 Å². The number of aromatic nitrogens is 4. The second-order valence-electron chi connectivity index (χ2n) is 9.11. The Hall–Kier alpha value is -3.15. The lowest BCUT2D eigenvalue weighted by Crippen LogP contribution is -2.41. The molecule has 0 bridgehead atoms. The predicted octanol–water partition coefficient (Wildman–Crippen LogP) is 4.70. The van der Waals surface area contributed by atoms with E-state index in [1.807, 2.05) is 36.8 Å². The van der Waals surface area contributed by atoms with E-state index >= 15 is 0 Å². The Kier molecular flexibility index (Phi) is 4.97. The number of fused-ring (bicyclic) bond motifs is 2. The van der Waals surface area contributed by atoms with Crippen LogP contribution in [0, 0.1) is 16.7 Å². The Morgan fingerprint density at radius 2 is 2.00 bits per heavy atom. The largest absolute Gasteiger partial charge is 0.378 e. The summed E-state index contributed by atoms with van der Waals surface area (Å²) in [7, 11) is 0. The minimum Gasteiger partial charge on any atom is -0.378 e. The Bertz CT molecular complexity index is 1380. The molecule has 3 aromatic heterocycles. The number of hydrogen-bond acceptors (Lipinski definition) is 7. The fraction of sp³-hybridized carbons (Fsp3) is 0.360. The highest BCUT2D eigenvalue weighted by Crippen LogP contribution is 2.43. The van der Waals surface area contributed by atoms with Crippen LogP contribution in [-0.4, -0.2) is 45.2 Å². The molecule has 0 unspecified atom stereocenters. The van der Waals surface area contributed by atoms with Gasteiger partial charge in [-0.1, -0.05) is 11.8 Å². The Morgan fingerprint density at radius 1 is 1.12 bits per heavy atom. The number of benzene rings is 1. The van der Waals surface area contributed by atoms with Crippen molar-refractivity contribution >= 4 is 34.3 Å². The van der Waals surface area contributed by atoms with Gasteiger partial charge in [-0.25, -0.2) is 9.97 Å². The highest BCUT2D eigenvalue weighted by atomic mass is 32.2. The molecule has 1 spiro atoms. The summed E-state index contributed by atoms with van der Waals surface area (Å²) < 4.78 is 7.98. The molecule has 0 aliphatic carbocycles. The predicted molar refractivity (Wildman–Crippen MR) is 127 cm³/mol. The number of ether oxygens (including phenoxy) is 1. The maximum Gasteiger partial charge on any atom is 0.211 e. The van der Waals surface area contributed by atoms with Crippen molar-refractivity contribution in [3.8, 4) is 6.07 Å². The second-order valence-corrected chi connectivity index (χ2v) is 10.2. The lowest BCUT2D eigenvalue weighted by Gasteiger charge is -2.39. The molecular formula is C25H24N6OS. The number of anilines is 1. The van der Waals surface area contributed by atoms with Crippen LogP contribution >= 0.6 is 11.8 Å². The van der Waals surface area contributed by atoms with Gasteiger partial charge in [0.15, 0.2) is 5.65 Å². The summed E-state index contributed by atoms with van der Waals surface area (Å²) in [6, 6.07) is 9.79. The number of pyridine rings is 1. The molecule has 0 radical (unpaired) electrons. The Morgan fingerprint density at radius 3 is 2.79 bits per heavy atom. The van der Waals surface area contributed by atoms with Crippen molar-refractivity contribution in [1.29, 1.82) is 5.26 Å². The average molecular weight is 457 g/mol. The third-order valence-electron chi connectivity index (χ3n) is 6.93. The van der Waals surface area contributed by atoms with Gasteiger partial charge in [0.25, 0.3) is 0 Å². The quantitative estimate of drug-likeness (QED) is 0.442. The summed E-state index contributed by atoms with van der Waals surface area (Å²) in [6.45, 7) is 5.03. The molecule has 4 aromatic rings. The minimum atomic E-state index is 0.338. The van der Waals surface area contributed by atoms with Gasteiger partial charge in [0.1, 0.15) is 0 Å². The molecule has 2 saturated heterocycles. The summed E-state index contributed by atoms with van der Waals surface area (Å²) in [5.74, 6) is 0.944. The number of hydrogen-bond donors (Lipinski definition) is 0.